The minimum Gasteiger partial charge on any atom is -0.376 e. The predicted molar refractivity (Wildman–Crippen MR) is 54.0 cm³/mol. The Bertz CT molecular complexity index is 244. The summed E-state index contributed by atoms with van der Waals surface area (Å²) in [6, 6.07) is 1.97. The van der Waals surface area contributed by atoms with Crippen LogP contribution in [0.4, 0.5) is 0 Å². The van der Waals surface area contributed by atoms with Crippen molar-refractivity contribution in [3.8, 4) is 6.07 Å². The number of amides is 1. The number of nitrogens with one attached hydrogen (secondary N) is 2. The molecule has 1 atom stereocenters. The van der Waals surface area contributed by atoms with Crippen molar-refractivity contribution >= 4 is 23.1 Å². The zero-order valence-electron chi connectivity index (χ0n) is 7.92. The first-order valence-corrected chi connectivity index (χ1v) is 4.35. The molecule has 0 fully saturated rings. The van der Waals surface area contributed by atoms with Gasteiger partial charge in [-0.25, -0.2) is 0 Å². The number of rotatable bonds is 3. The van der Waals surface area contributed by atoms with Crippen molar-refractivity contribution in [2.45, 2.75) is 19.9 Å². The lowest BCUT2D eigenvalue weighted by atomic mass is 10.1. The highest BCUT2D eigenvalue weighted by Gasteiger charge is 2.21. The molecule has 0 aromatic heterocycles. The SMILES string of the molecule is CNC(=O)C(C#N)C(=S)NC(C)C. The third kappa shape index (κ3) is 3.85. The fourth-order valence-electron chi connectivity index (χ4n) is 0.749. The summed E-state index contributed by atoms with van der Waals surface area (Å²) in [4.78, 5) is 11.4. The first-order chi connectivity index (χ1) is 6.02. The molecule has 0 aliphatic rings. The molecule has 0 rings (SSSR count). The lowest BCUT2D eigenvalue weighted by Crippen LogP contribution is -2.40. The zero-order chi connectivity index (χ0) is 10.4. The fraction of sp³-hybridized carbons (Fsp3) is 0.625. The number of nitriles is 1. The summed E-state index contributed by atoms with van der Waals surface area (Å²) in [5, 5.41) is 13.9. The maximum absolute atomic E-state index is 11.1. The van der Waals surface area contributed by atoms with Crippen molar-refractivity contribution in [2.75, 3.05) is 7.05 Å². The van der Waals surface area contributed by atoms with Crippen LogP contribution in [0.25, 0.3) is 0 Å². The van der Waals surface area contributed by atoms with E-state index in [0.717, 1.165) is 0 Å². The molecule has 0 saturated heterocycles. The monoisotopic (exact) mass is 199 g/mol. The van der Waals surface area contributed by atoms with Gasteiger partial charge in [0.25, 0.3) is 0 Å². The van der Waals surface area contributed by atoms with Gasteiger partial charge in [-0.1, -0.05) is 12.2 Å². The minimum absolute atomic E-state index is 0.132. The average molecular weight is 199 g/mol. The van der Waals surface area contributed by atoms with E-state index in [0.29, 0.717) is 0 Å². The first-order valence-electron chi connectivity index (χ1n) is 3.94. The van der Waals surface area contributed by atoms with Gasteiger partial charge >= 0.3 is 0 Å². The molecule has 1 amide bonds. The molecule has 4 nitrogen and oxygen atoms in total. The van der Waals surface area contributed by atoms with Crippen LogP contribution in [0.3, 0.4) is 0 Å². The Labute approximate surface area is 83.3 Å². The highest BCUT2D eigenvalue weighted by Crippen LogP contribution is 1.98. The van der Waals surface area contributed by atoms with Gasteiger partial charge in [0.05, 0.1) is 6.07 Å². The topological polar surface area (TPSA) is 64.9 Å². The normalized spacial score (nSPS) is 11.6. The summed E-state index contributed by atoms with van der Waals surface area (Å²) >= 11 is 4.90. The molecule has 1 unspecified atom stereocenters. The van der Waals surface area contributed by atoms with E-state index in [1.54, 1.807) is 0 Å². The molecule has 2 N–H and O–H groups in total. The Kier molecular flexibility index (Phi) is 5.00. The molecule has 0 heterocycles. The summed E-state index contributed by atoms with van der Waals surface area (Å²) in [6.45, 7) is 3.79. The second-order valence-electron chi connectivity index (χ2n) is 2.84. The van der Waals surface area contributed by atoms with Crippen molar-refractivity contribution in [3.63, 3.8) is 0 Å². The summed E-state index contributed by atoms with van der Waals surface area (Å²) in [5.41, 5.74) is 0. The van der Waals surface area contributed by atoms with Gasteiger partial charge in [-0.05, 0) is 13.8 Å². The van der Waals surface area contributed by atoms with Crippen molar-refractivity contribution < 1.29 is 4.79 Å². The van der Waals surface area contributed by atoms with E-state index in [-0.39, 0.29) is 16.9 Å². The van der Waals surface area contributed by atoms with E-state index < -0.39 is 5.92 Å². The van der Waals surface area contributed by atoms with Crippen molar-refractivity contribution in [3.05, 3.63) is 0 Å². The van der Waals surface area contributed by atoms with Gasteiger partial charge in [-0.3, -0.25) is 4.79 Å². The Hall–Kier alpha value is -1.15. The molecule has 0 aromatic rings. The molecule has 0 aliphatic heterocycles. The third-order valence-corrected chi connectivity index (χ3v) is 1.68. The Morgan fingerprint density at radius 3 is 2.38 bits per heavy atom. The van der Waals surface area contributed by atoms with Gasteiger partial charge in [-0.2, -0.15) is 5.26 Å². The number of nitrogens with zero attached hydrogens (tertiary/aromatic N) is 1. The molecule has 72 valence electrons. The fourth-order valence-corrected chi connectivity index (χ4v) is 1.14. The highest BCUT2D eigenvalue weighted by atomic mass is 32.1. The molecular weight excluding hydrogens is 186 g/mol. The van der Waals surface area contributed by atoms with E-state index in [1.807, 2.05) is 19.9 Å². The second kappa shape index (κ2) is 5.49. The zero-order valence-corrected chi connectivity index (χ0v) is 8.73. The minimum atomic E-state index is -0.887. The second-order valence-corrected chi connectivity index (χ2v) is 3.28. The first kappa shape index (κ1) is 11.8. The highest BCUT2D eigenvalue weighted by molar-refractivity contribution is 7.80. The van der Waals surface area contributed by atoms with Crippen LogP contribution in [-0.2, 0) is 4.79 Å². The Morgan fingerprint density at radius 2 is 2.08 bits per heavy atom. The van der Waals surface area contributed by atoms with Crippen molar-refractivity contribution in [2.24, 2.45) is 5.92 Å². The van der Waals surface area contributed by atoms with Crippen molar-refractivity contribution in [1.29, 1.82) is 5.26 Å². The van der Waals surface area contributed by atoms with Gasteiger partial charge in [0.15, 0.2) is 5.92 Å². The maximum Gasteiger partial charge on any atom is 0.244 e. The average Bonchev–Trinajstić information content (AvgIpc) is 2.03. The summed E-state index contributed by atoms with van der Waals surface area (Å²) in [6.07, 6.45) is 0. The molecule has 5 heteroatoms. The lowest BCUT2D eigenvalue weighted by Gasteiger charge is -2.14. The van der Waals surface area contributed by atoms with Gasteiger partial charge in [0.2, 0.25) is 5.91 Å². The molecular formula is C8H13N3OS. The van der Waals surface area contributed by atoms with Crippen LogP contribution in [0.2, 0.25) is 0 Å². The quantitative estimate of drug-likeness (QED) is 0.637. The van der Waals surface area contributed by atoms with Crippen LogP contribution >= 0.6 is 12.2 Å². The van der Waals surface area contributed by atoms with Crippen molar-refractivity contribution in [1.82, 2.24) is 10.6 Å². The summed E-state index contributed by atoms with van der Waals surface area (Å²) < 4.78 is 0. The maximum atomic E-state index is 11.1. The van der Waals surface area contributed by atoms with Gasteiger partial charge in [0, 0.05) is 13.1 Å². The van der Waals surface area contributed by atoms with Gasteiger partial charge in [0.1, 0.15) is 4.99 Å². The molecule has 0 bridgehead atoms. The van der Waals surface area contributed by atoms with E-state index >= 15 is 0 Å². The van der Waals surface area contributed by atoms with E-state index in [1.165, 1.54) is 7.05 Å². The van der Waals surface area contributed by atoms with Crippen LogP contribution in [0.1, 0.15) is 13.8 Å². The number of hydrogen-bond donors (Lipinski definition) is 2. The van der Waals surface area contributed by atoms with E-state index in [9.17, 15) is 4.79 Å². The number of carbonyl (C=O) groups is 1. The van der Waals surface area contributed by atoms with Crippen LogP contribution in [-0.4, -0.2) is 24.0 Å². The Balaban J connectivity index is 4.35. The van der Waals surface area contributed by atoms with Crippen LogP contribution in [0.5, 0.6) is 0 Å². The smallest absolute Gasteiger partial charge is 0.244 e. The third-order valence-electron chi connectivity index (χ3n) is 1.33. The predicted octanol–water partition coefficient (Wildman–Crippen LogP) is 0.198. The summed E-state index contributed by atoms with van der Waals surface area (Å²) in [5.74, 6) is -1.26. The number of carbonyl (C=O) groups excluding carboxylic acids is 1. The molecule has 0 aromatic carbocycles. The van der Waals surface area contributed by atoms with Gasteiger partial charge in [-0.15, -0.1) is 0 Å². The lowest BCUT2D eigenvalue weighted by molar-refractivity contribution is -0.121. The molecule has 13 heavy (non-hydrogen) atoms. The molecule has 0 saturated carbocycles. The Morgan fingerprint density at radius 1 is 1.54 bits per heavy atom. The van der Waals surface area contributed by atoms with E-state index in [2.05, 4.69) is 10.6 Å². The van der Waals surface area contributed by atoms with Gasteiger partial charge < -0.3 is 10.6 Å². The molecule has 0 spiro atoms. The van der Waals surface area contributed by atoms with E-state index in [4.69, 9.17) is 17.5 Å². The standard InChI is InChI=1S/C8H13N3OS/c1-5(2)11-8(13)6(4-9)7(12)10-3/h5-6H,1-3H3,(H,10,12)(H,11,13). The van der Waals surface area contributed by atoms with Crippen LogP contribution in [0, 0.1) is 17.2 Å². The summed E-state index contributed by atoms with van der Waals surface area (Å²) in [7, 11) is 1.48. The molecule has 0 radical (unpaired) electrons. The largest absolute Gasteiger partial charge is 0.376 e. The number of hydrogen-bond acceptors (Lipinski definition) is 3. The molecule has 0 aliphatic carbocycles. The number of thiocarbonyl (C=S) groups is 1. The van der Waals surface area contributed by atoms with Crippen LogP contribution in [0.15, 0.2) is 0 Å². The van der Waals surface area contributed by atoms with Crippen LogP contribution < -0.4 is 10.6 Å².